The number of likely N-dealkylation sites (N-methyl/N-ethyl adjacent to an activating group) is 1. The zero-order chi connectivity index (χ0) is 28.3. The van der Waals surface area contributed by atoms with Gasteiger partial charge in [-0.1, -0.05) is 31.2 Å². The van der Waals surface area contributed by atoms with E-state index in [-0.39, 0.29) is 29.9 Å². The number of fused-ring (bicyclic) bond motifs is 1. The van der Waals surface area contributed by atoms with Gasteiger partial charge in [0.25, 0.3) is 0 Å². The summed E-state index contributed by atoms with van der Waals surface area (Å²) in [6.07, 6.45) is 1.15. The van der Waals surface area contributed by atoms with Gasteiger partial charge < -0.3 is 25.4 Å². The molecule has 1 aromatic carbocycles. The Morgan fingerprint density at radius 1 is 1.26 bits per heavy atom. The van der Waals surface area contributed by atoms with Gasteiger partial charge in [0.05, 0.1) is 24.6 Å². The Morgan fingerprint density at radius 2 is 1.97 bits per heavy atom. The van der Waals surface area contributed by atoms with E-state index in [0.29, 0.717) is 42.1 Å². The zero-order valence-corrected chi connectivity index (χ0v) is 22.1. The van der Waals surface area contributed by atoms with Crippen LogP contribution in [-0.4, -0.2) is 81.8 Å². The minimum atomic E-state index is -1.17. The van der Waals surface area contributed by atoms with Crippen LogP contribution in [0.5, 0.6) is 0 Å². The number of hydrogen-bond acceptors (Lipinski definition) is 9. The van der Waals surface area contributed by atoms with E-state index in [9.17, 15) is 19.5 Å². The van der Waals surface area contributed by atoms with Gasteiger partial charge in [-0.05, 0) is 30.4 Å². The first-order valence-corrected chi connectivity index (χ1v) is 12.6. The summed E-state index contributed by atoms with van der Waals surface area (Å²) in [5.74, 6) is 0.378. The topological polar surface area (TPSA) is 168 Å². The Bertz CT molecular complexity index is 1430. The summed E-state index contributed by atoms with van der Waals surface area (Å²) >= 11 is 0. The number of nitriles is 1. The van der Waals surface area contributed by atoms with Gasteiger partial charge in [0.1, 0.15) is 18.3 Å². The molecule has 0 unspecified atom stereocenters. The number of amides is 1. The number of methoxy groups -OCH3 is 1. The number of esters is 1. The largest absolute Gasteiger partial charge is 0.468 e. The number of hydrogen-bond donors (Lipinski definition) is 2. The van der Waals surface area contributed by atoms with Gasteiger partial charge in [0, 0.05) is 31.9 Å². The monoisotopic (exact) mass is 533 g/mol. The number of carboxylic acid groups (broad SMARTS) is 1. The number of nitrogens with zero attached hydrogens (tertiary/aromatic N) is 6. The van der Waals surface area contributed by atoms with Crippen LogP contribution in [0.15, 0.2) is 36.5 Å². The predicted octanol–water partition coefficient (Wildman–Crippen LogP) is 2.25. The number of carbonyl (C=O) groups is 3. The first-order valence-electron chi connectivity index (χ1n) is 12.6. The fourth-order valence-corrected chi connectivity index (χ4v) is 4.95. The number of benzene rings is 1. The van der Waals surface area contributed by atoms with Crippen LogP contribution in [0.25, 0.3) is 22.4 Å². The highest BCUT2D eigenvalue weighted by Gasteiger charge is 2.33. The second-order valence-electron chi connectivity index (χ2n) is 9.73. The molecule has 3 heterocycles. The molecule has 1 saturated heterocycles. The summed E-state index contributed by atoms with van der Waals surface area (Å²) in [6, 6.07) is 9.91. The molecule has 0 bridgehead atoms. The molecule has 0 spiro atoms. The molecular weight excluding hydrogens is 502 g/mol. The summed E-state index contributed by atoms with van der Waals surface area (Å²) < 4.78 is 5.74. The summed E-state index contributed by atoms with van der Waals surface area (Å²) in [7, 11) is 3.16. The van der Waals surface area contributed by atoms with Gasteiger partial charge in [-0.2, -0.15) is 5.26 Å². The minimum absolute atomic E-state index is 0.109. The highest BCUT2D eigenvalue weighted by Crippen LogP contribution is 2.32. The van der Waals surface area contributed by atoms with Gasteiger partial charge >= 0.3 is 12.1 Å². The second kappa shape index (κ2) is 11.5. The lowest BCUT2D eigenvalue weighted by Crippen LogP contribution is -2.52. The highest BCUT2D eigenvalue weighted by molar-refractivity contribution is 5.94. The molecular formula is C27H31N7O5. The van der Waals surface area contributed by atoms with Crippen LogP contribution in [0.2, 0.25) is 0 Å². The molecule has 0 aliphatic carbocycles. The van der Waals surface area contributed by atoms with Crippen LogP contribution in [0, 0.1) is 17.2 Å². The average Bonchev–Trinajstić information content (AvgIpc) is 3.37. The van der Waals surface area contributed by atoms with Crippen molar-refractivity contribution in [3.63, 3.8) is 0 Å². The second-order valence-corrected chi connectivity index (χ2v) is 9.73. The molecule has 1 fully saturated rings. The molecule has 0 saturated carbocycles. The van der Waals surface area contributed by atoms with Crippen LogP contribution in [-0.2, 0) is 20.7 Å². The van der Waals surface area contributed by atoms with Crippen molar-refractivity contribution >= 4 is 34.8 Å². The Labute approximate surface area is 225 Å². The van der Waals surface area contributed by atoms with E-state index >= 15 is 0 Å². The Balaban J connectivity index is 1.72. The molecule has 12 nitrogen and oxygen atoms in total. The van der Waals surface area contributed by atoms with Crippen molar-refractivity contribution in [1.82, 2.24) is 19.4 Å². The number of nitrogens with two attached hydrogens (primary N) is 1. The van der Waals surface area contributed by atoms with Crippen molar-refractivity contribution < 1.29 is 24.2 Å². The lowest BCUT2D eigenvalue weighted by Gasteiger charge is -2.42. The standard InChI is InChI=1S/C27H31N7O5/c1-16-9-12-33(22(35)8-11-28)15-21(16)32(2)24-19-10-13-34(27(37)38)25(19)31-23(30-24)18-6-4-17(5-7-18)14-20(29)26(36)39-3/h4-7,10,13,16,20-21H,8-9,12,14-15,29H2,1-3H3,(H,37,38)/t16-,20+,21+/m1/s1. The fourth-order valence-electron chi connectivity index (χ4n) is 4.95. The van der Waals surface area contributed by atoms with E-state index in [1.165, 1.54) is 13.3 Å². The molecule has 1 amide bonds. The molecule has 3 aromatic rings. The number of rotatable bonds is 7. The lowest BCUT2D eigenvalue weighted by atomic mass is 9.92. The van der Waals surface area contributed by atoms with Crippen molar-refractivity contribution in [3.05, 3.63) is 42.1 Å². The van der Waals surface area contributed by atoms with Gasteiger partial charge in [0.15, 0.2) is 11.5 Å². The quantitative estimate of drug-likeness (QED) is 0.430. The molecule has 1 aliphatic rings. The van der Waals surface area contributed by atoms with Crippen molar-refractivity contribution in [2.75, 3.05) is 32.1 Å². The fraction of sp³-hybridized carbons (Fsp3) is 0.407. The first-order chi connectivity index (χ1) is 18.6. The predicted molar refractivity (Wildman–Crippen MR) is 143 cm³/mol. The van der Waals surface area contributed by atoms with E-state index in [1.54, 1.807) is 23.1 Å². The molecule has 3 N–H and O–H groups in total. The zero-order valence-electron chi connectivity index (χ0n) is 22.1. The van der Waals surface area contributed by atoms with Crippen molar-refractivity contribution in [3.8, 4) is 17.5 Å². The molecule has 1 aliphatic heterocycles. The smallest absolute Gasteiger partial charge is 0.417 e. The summed E-state index contributed by atoms with van der Waals surface area (Å²) in [4.78, 5) is 49.2. The average molecular weight is 534 g/mol. The Hall–Kier alpha value is -4.50. The third kappa shape index (κ3) is 5.68. The van der Waals surface area contributed by atoms with Gasteiger partial charge in [0.2, 0.25) is 5.91 Å². The molecule has 0 radical (unpaired) electrons. The normalized spacial score (nSPS) is 17.9. The lowest BCUT2D eigenvalue weighted by molar-refractivity contribution is -0.142. The van der Waals surface area contributed by atoms with Crippen molar-refractivity contribution in [2.45, 2.75) is 38.3 Å². The molecule has 4 rings (SSSR count). The summed E-state index contributed by atoms with van der Waals surface area (Å²) in [6.45, 7) is 3.11. The van der Waals surface area contributed by atoms with Crippen LogP contribution in [0.1, 0.15) is 25.3 Å². The summed E-state index contributed by atoms with van der Waals surface area (Å²) in [5, 5.41) is 19.3. The van der Waals surface area contributed by atoms with Gasteiger partial charge in [-0.25, -0.2) is 19.3 Å². The maximum Gasteiger partial charge on any atom is 0.417 e. The third-order valence-electron chi connectivity index (χ3n) is 7.23. The van der Waals surface area contributed by atoms with Crippen LogP contribution in [0.4, 0.5) is 10.6 Å². The van der Waals surface area contributed by atoms with Crippen LogP contribution < -0.4 is 10.6 Å². The number of anilines is 1. The third-order valence-corrected chi connectivity index (χ3v) is 7.23. The highest BCUT2D eigenvalue weighted by atomic mass is 16.5. The van der Waals surface area contributed by atoms with Gasteiger partial charge in [-0.15, -0.1) is 0 Å². The molecule has 2 aromatic heterocycles. The molecule has 204 valence electrons. The minimum Gasteiger partial charge on any atom is -0.468 e. The van der Waals surface area contributed by atoms with Crippen LogP contribution >= 0.6 is 0 Å². The maximum absolute atomic E-state index is 12.4. The Kier molecular flexibility index (Phi) is 8.11. The number of likely N-dealkylation sites (tertiary alicyclic amines) is 1. The molecule has 12 heteroatoms. The van der Waals surface area contributed by atoms with Gasteiger partial charge in [-0.3, -0.25) is 9.59 Å². The Morgan fingerprint density at radius 3 is 2.62 bits per heavy atom. The number of aromatic nitrogens is 3. The van der Waals surface area contributed by atoms with E-state index < -0.39 is 18.1 Å². The number of piperidine rings is 1. The van der Waals surface area contributed by atoms with E-state index in [1.807, 2.05) is 30.1 Å². The maximum atomic E-state index is 12.4. The van der Waals surface area contributed by atoms with Crippen molar-refractivity contribution in [2.24, 2.45) is 11.7 Å². The van der Waals surface area contributed by atoms with Crippen molar-refractivity contribution in [1.29, 1.82) is 5.26 Å². The molecule has 39 heavy (non-hydrogen) atoms. The van der Waals surface area contributed by atoms with E-state index in [4.69, 9.17) is 20.7 Å². The van der Waals surface area contributed by atoms with E-state index in [0.717, 1.165) is 16.6 Å². The number of carbonyl (C=O) groups excluding carboxylic acids is 2. The van der Waals surface area contributed by atoms with E-state index in [2.05, 4.69) is 11.9 Å². The SMILES string of the molecule is COC(=O)[C@@H](N)Cc1ccc(-c2nc(N(C)[C@H]3CN(C(=O)CC#N)CC[C@H]3C)c3ccn(C(=O)O)c3n2)cc1. The molecule has 3 atom stereocenters. The first kappa shape index (κ1) is 27.5. The number of ether oxygens (including phenoxy) is 1. The summed E-state index contributed by atoms with van der Waals surface area (Å²) in [5.41, 5.74) is 7.60. The van der Waals surface area contributed by atoms with Crippen LogP contribution in [0.3, 0.4) is 0 Å².